The van der Waals surface area contributed by atoms with E-state index in [-0.39, 0.29) is 5.56 Å². The van der Waals surface area contributed by atoms with Gasteiger partial charge in [-0.05, 0) is 12.1 Å². The smallest absolute Gasteiger partial charge is 0.342 e. The summed E-state index contributed by atoms with van der Waals surface area (Å²) in [5.74, 6) is -1.32. The van der Waals surface area contributed by atoms with Crippen molar-refractivity contribution in [1.82, 2.24) is 0 Å². The molecule has 1 N–H and O–H groups in total. The van der Waals surface area contributed by atoms with E-state index in [9.17, 15) is 14.9 Å². The minimum atomic E-state index is -1.32. The van der Waals surface area contributed by atoms with Crippen LogP contribution in [-0.2, 0) is 4.74 Å². The summed E-state index contributed by atoms with van der Waals surface area (Å²) in [5.41, 5.74) is -0.204. The normalized spacial score (nSPS) is 10.1. The maximum atomic E-state index is 11.0. The van der Waals surface area contributed by atoms with Crippen LogP contribution in [0.25, 0.3) is 0 Å². The summed E-state index contributed by atoms with van der Waals surface area (Å²) >= 11 is 0. The quantitative estimate of drug-likeness (QED) is 0.444. The van der Waals surface area contributed by atoms with Crippen molar-refractivity contribution < 1.29 is 19.6 Å². The van der Waals surface area contributed by atoms with Crippen molar-refractivity contribution in [2.24, 2.45) is 0 Å². The predicted octanol–water partition coefficient (Wildman–Crippen LogP) is 1.93. The van der Waals surface area contributed by atoms with E-state index in [4.69, 9.17) is 9.84 Å². The highest BCUT2D eigenvalue weighted by atomic mass is 16.6. The maximum absolute atomic E-state index is 11.0. The van der Waals surface area contributed by atoms with Gasteiger partial charge in [0.25, 0.3) is 5.69 Å². The molecule has 7 nitrogen and oxygen atoms in total. The molecule has 0 fully saturated rings. The molecule has 0 atom stereocenters. The Labute approximate surface area is 116 Å². The zero-order valence-corrected chi connectivity index (χ0v) is 11.1. The van der Waals surface area contributed by atoms with Gasteiger partial charge in [0.1, 0.15) is 5.56 Å². The second-order valence-electron chi connectivity index (χ2n) is 3.99. The third kappa shape index (κ3) is 3.79. The van der Waals surface area contributed by atoms with Crippen LogP contribution in [0.3, 0.4) is 0 Å². The zero-order chi connectivity index (χ0) is 15.1. The third-order valence-corrected chi connectivity index (χ3v) is 2.69. The molecule has 1 aromatic carbocycles. The molecule has 0 saturated heterocycles. The Hall–Kier alpha value is -2.41. The molecule has 0 heterocycles. The number of carboxylic acid groups (broad SMARTS) is 1. The van der Waals surface area contributed by atoms with Gasteiger partial charge >= 0.3 is 5.97 Å². The Balaban J connectivity index is 3.16. The fourth-order valence-electron chi connectivity index (χ4n) is 1.73. The van der Waals surface area contributed by atoms with E-state index < -0.39 is 16.6 Å². The summed E-state index contributed by atoms with van der Waals surface area (Å²) in [6.07, 6.45) is 1.66. The minimum Gasteiger partial charge on any atom is -0.477 e. The molecule has 0 spiro atoms. The zero-order valence-electron chi connectivity index (χ0n) is 11.1. The average Bonchev–Trinajstić information content (AvgIpc) is 2.42. The molecule has 0 aliphatic heterocycles. The Morgan fingerprint density at radius 3 is 2.80 bits per heavy atom. The minimum absolute atomic E-state index is 0.330. The number of methoxy groups -OCH3 is 1. The summed E-state index contributed by atoms with van der Waals surface area (Å²) in [5, 5.41) is 19.9. The number of anilines is 1. The topological polar surface area (TPSA) is 92.9 Å². The maximum Gasteiger partial charge on any atom is 0.342 e. The van der Waals surface area contributed by atoms with Gasteiger partial charge in [-0.2, -0.15) is 0 Å². The number of aromatic carboxylic acids is 1. The predicted molar refractivity (Wildman–Crippen MR) is 74.3 cm³/mol. The SMILES string of the molecule is C=CCN(CCOC)c1ccc(C(=O)O)c([N+](=O)[O-])c1. The first-order valence-corrected chi connectivity index (χ1v) is 5.87. The lowest BCUT2D eigenvalue weighted by Gasteiger charge is -2.22. The van der Waals surface area contributed by atoms with E-state index in [0.29, 0.717) is 25.4 Å². The van der Waals surface area contributed by atoms with Crippen molar-refractivity contribution in [2.45, 2.75) is 0 Å². The van der Waals surface area contributed by atoms with E-state index in [0.717, 1.165) is 0 Å². The number of carbonyl (C=O) groups is 1. The van der Waals surface area contributed by atoms with Crippen LogP contribution < -0.4 is 4.90 Å². The Morgan fingerprint density at radius 2 is 2.30 bits per heavy atom. The van der Waals surface area contributed by atoms with Crippen LogP contribution in [-0.4, -0.2) is 42.8 Å². The first kappa shape index (κ1) is 15.6. The lowest BCUT2D eigenvalue weighted by atomic mass is 10.1. The van der Waals surface area contributed by atoms with Crippen LogP contribution in [0.1, 0.15) is 10.4 Å². The van der Waals surface area contributed by atoms with E-state index in [1.54, 1.807) is 13.2 Å². The Bertz CT molecular complexity index is 515. The molecule has 1 rings (SSSR count). The van der Waals surface area contributed by atoms with Gasteiger partial charge in [-0.15, -0.1) is 6.58 Å². The molecule has 7 heteroatoms. The van der Waals surface area contributed by atoms with E-state index in [1.165, 1.54) is 18.2 Å². The van der Waals surface area contributed by atoms with Crippen molar-refractivity contribution >= 4 is 17.3 Å². The van der Waals surface area contributed by atoms with Crippen LogP contribution in [0.2, 0.25) is 0 Å². The van der Waals surface area contributed by atoms with Gasteiger partial charge in [0.15, 0.2) is 0 Å². The number of rotatable bonds is 8. The molecule has 0 aliphatic rings. The number of nitro groups is 1. The molecule has 0 unspecified atom stereocenters. The summed E-state index contributed by atoms with van der Waals surface area (Å²) in [4.78, 5) is 23.0. The van der Waals surface area contributed by atoms with Crippen LogP contribution in [0, 0.1) is 10.1 Å². The number of hydrogen-bond acceptors (Lipinski definition) is 5. The van der Waals surface area contributed by atoms with Crippen LogP contribution in [0.4, 0.5) is 11.4 Å². The number of hydrogen-bond donors (Lipinski definition) is 1. The summed E-state index contributed by atoms with van der Waals surface area (Å²) in [6.45, 7) is 5.07. The lowest BCUT2D eigenvalue weighted by molar-refractivity contribution is -0.385. The molecule has 0 bridgehead atoms. The second-order valence-corrected chi connectivity index (χ2v) is 3.99. The molecule has 0 aromatic heterocycles. The molecule has 0 aliphatic carbocycles. The van der Waals surface area contributed by atoms with Gasteiger partial charge in [0, 0.05) is 32.0 Å². The number of nitrogens with zero attached hydrogens (tertiary/aromatic N) is 2. The molecule has 108 valence electrons. The third-order valence-electron chi connectivity index (χ3n) is 2.69. The summed E-state index contributed by atoms with van der Waals surface area (Å²) < 4.78 is 4.98. The standard InChI is InChI=1S/C13H16N2O5/c1-3-6-14(7-8-20-2)10-4-5-11(13(16)17)12(9-10)15(18)19/h3-5,9H,1,6-8H2,2H3,(H,16,17). The second kappa shape index (κ2) is 7.25. The molecule has 0 radical (unpaired) electrons. The van der Waals surface area contributed by atoms with Gasteiger partial charge in [-0.25, -0.2) is 4.79 Å². The molecule has 0 amide bonds. The average molecular weight is 280 g/mol. The fraction of sp³-hybridized carbons (Fsp3) is 0.308. The van der Waals surface area contributed by atoms with Crippen molar-refractivity contribution in [3.63, 3.8) is 0 Å². The Kier molecular flexibility index (Phi) is 5.67. The van der Waals surface area contributed by atoms with Crippen LogP contribution in [0.5, 0.6) is 0 Å². The lowest BCUT2D eigenvalue weighted by Crippen LogP contribution is -2.27. The number of carboxylic acids is 1. The van der Waals surface area contributed by atoms with Crippen LogP contribution in [0.15, 0.2) is 30.9 Å². The van der Waals surface area contributed by atoms with E-state index in [2.05, 4.69) is 6.58 Å². The van der Waals surface area contributed by atoms with Crippen molar-refractivity contribution in [3.8, 4) is 0 Å². The molecular formula is C13H16N2O5. The van der Waals surface area contributed by atoms with Gasteiger partial charge in [-0.3, -0.25) is 10.1 Å². The van der Waals surface area contributed by atoms with Gasteiger partial charge in [0.05, 0.1) is 11.5 Å². The van der Waals surface area contributed by atoms with Gasteiger partial charge in [0.2, 0.25) is 0 Å². The monoisotopic (exact) mass is 280 g/mol. The summed E-state index contributed by atoms with van der Waals surface area (Å²) in [6, 6.07) is 4.02. The Morgan fingerprint density at radius 1 is 1.60 bits per heavy atom. The van der Waals surface area contributed by atoms with E-state index in [1.807, 2.05) is 4.90 Å². The number of benzene rings is 1. The van der Waals surface area contributed by atoms with Crippen molar-refractivity contribution in [3.05, 3.63) is 46.5 Å². The number of ether oxygens (including phenoxy) is 1. The largest absolute Gasteiger partial charge is 0.477 e. The highest BCUT2D eigenvalue weighted by molar-refractivity contribution is 5.93. The van der Waals surface area contributed by atoms with Crippen LogP contribution >= 0.6 is 0 Å². The molecule has 0 saturated carbocycles. The fourth-order valence-corrected chi connectivity index (χ4v) is 1.73. The molecule has 20 heavy (non-hydrogen) atoms. The molecular weight excluding hydrogens is 264 g/mol. The summed E-state index contributed by atoms with van der Waals surface area (Å²) in [7, 11) is 1.56. The first-order chi connectivity index (χ1) is 9.51. The highest BCUT2D eigenvalue weighted by Crippen LogP contribution is 2.25. The van der Waals surface area contributed by atoms with Gasteiger partial charge < -0.3 is 14.7 Å². The van der Waals surface area contributed by atoms with Crippen molar-refractivity contribution in [2.75, 3.05) is 31.7 Å². The van der Waals surface area contributed by atoms with E-state index >= 15 is 0 Å². The van der Waals surface area contributed by atoms with Gasteiger partial charge in [-0.1, -0.05) is 6.08 Å². The first-order valence-electron chi connectivity index (χ1n) is 5.87. The van der Waals surface area contributed by atoms with Crippen molar-refractivity contribution in [1.29, 1.82) is 0 Å². The molecule has 1 aromatic rings. The highest BCUT2D eigenvalue weighted by Gasteiger charge is 2.21. The number of nitro benzene ring substituents is 1.